The molecule has 2 rings (SSSR count). The van der Waals surface area contributed by atoms with Crippen molar-refractivity contribution in [2.45, 2.75) is 38.6 Å². The maximum absolute atomic E-state index is 11.8. The van der Waals surface area contributed by atoms with Crippen LogP contribution in [-0.2, 0) is 4.74 Å². The van der Waals surface area contributed by atoms with Gasteiger partial charge in [-0.05, 0) is 19.8 Å². The number of nitrogens with zero attached hydrogens (tertiary/aromatic N) is 1. The Balaban J connectivity index is 1.70. The van der Waals surface area contributed by atoms with Gasteiger partial charge < -0.3 is 15.4 Å². The molecule has 0 spiro atoms. The molecule has 0 bridgehead atoms. The number of amides is 2. The minimum atomic E-state index is -0.0907. The quantitative estimate of drug-likeness (QED) is 0.888. The highest BCUT2D eigenvalue weighted by Gasteiger charge is 2.16. The van der Waals surface area contributed by atoms with Crippen LogP contribution in [0, 0.1) is 6.92 Å². The topological polar surface area (TPSA) is 63.2 Å². The van der Waals surface area contributed by atoms with E-state index in [-0.39, 0.29) is 18.0 Å². The molecule has 5 nitrogen and oxygen atoms in total. The fraction of sp³-hybridized carbons (Fsp3) is 0.692. The lowest BCUT2D eigenvalue weighted by atomic mass is 10.1. The number of rotatable bonds is 4. The lowest BCUT2D eigenvalue weighted by Crippen LogP contribution is -2.45. The average molecular weight is 283 g/mol. The lowest BCUT2D eigenvalue weighted by Gasteiger charge is -2.23. The Bertz CT molecular complexity index is 416. The summed E-state index contributed by atoms with van der Waals surface area (Å²) in [7, 11) is 0. The molecule has 2 heterocycles. The second kappa shape index (κ2) is 6.86. The van der Waals surface area contributed by atoms with Gasteiger partial charge in [-0.1, -0.05) is 6.92 Å². The van der Waals surface area contributed by atoms with Crippen LogP contribution in [0.15, 0.2) is 5.38 Å². The molecule has 1 saturated heterocycles. The minimum Gasteiger partial charge on any atom is -0.381 e. The summed E-state index contributed by atoms with van der Waals surface area (Å²) in [4.78, 5) is 16.2. The normalized spacial score (nSPS) is 18.0. The summed E-state index contributed by atoms with van der Waals surface area (Å²) in [6.07, 6.45) is 1.79. The van der Waals surface area contributed by atoms with Gasteiger partial charge in [0.05, 0.1) is 5.01 Å². The Morgan fingerprint density at radius 2 is 2.32 bits per heavy atom. The molecule has 1 fully saturated rings. The Morgan fingerprint density at radius 3 is 2.95 bits per heavy atom. The van der Waals surface area contributed by atoms with Crippen LogP contribution in [-0.4, -0.2) is 36.8 Å². The molecule has 0 radical (unpaired) electrons. The number of thiazole rings is 1. The summed E-state index contributed by atoms with van der Waals surface area (Å²) >= 11 is 1.65. The zero-order valence-electron chi connectivity index (χ0n) is 11.4. The second-order valence-electron chi connectivity index (χ2n) is 4.97. The molecule has 1 atom stereocenters. The summed E-state index contributed by atoms with van der Waals surface area (Å²) in [6.45, 7) is 6.15. The van der Waals surface area contributed by atoms with Gasteiger partial charge >= 0.3 is 6.03 Å². The van der Waals surface area contributed by atoms with Crippen molar-refractivity contribution in [3.8, 4) is 0 Å². The molecule has 1 aromatic rings. The van der Waals surface area contributed by atoms with E-state index in [1.54, 1.807) is 11.3 Å². The van der Waals surface area contributed by atoms with Gasteiger partial charge in [-0.2, -0.15) is 0 Å². The van der Waals surface area contributed by atoms with Crippen LogP contribution in [0.1, 0.15) is 36.4 Å². The highest BCUT2D eigenvalue weighted by Crippen LogP contribution is 2.18. The summed E-state index contributed by atoms with van der Waals surface area (Å²) < 4.78 is 5.26. The number of aromatic nitrogens is 1. The zero-order valence-corrected chi connectivity index (χ0v) is 12.3. The van der Waals surface area contributed by atoms with Crippen molar-refractivity contribution in [3.05, 3.63) is 16.1 Å². The van der Waals surface area contributed by atoms with Crippen LogP contribution in [0.5, 0.6) is 0 Å². The Morgan fingerprint density at radius 1 is 1.58 bits per heavy atom. The minimum absolute atomic E-state index is 0.0907. The molecular formula is C13H21N3O2S. The first-order chi connectivity index (χ1) is 9.15. The molecule has 1 aliphatic rings. The largest absolute Gasteiger partial charge is 0.381 e. The van der Waals surface area contributed by atoms with Crippen LogP contribution in [0.4, 0.5) is 4.79 Å². The van der Waals surface area contributed by atoms with E-state index in [4.69, 9.17) is 4.74 Å². The van der Waals surface area contributed by atoms with Gasteiger partial charge in [-0.15, -0.1) is 11.3 Å². The van der Waals surface area contributed by atoms with Gasteiger partial charge in [0, 0.05) is 42.8 Å². The Kier molecular flexibility index (Phi) is 5.15. The molecule has 0 aromatic carbocycles. The number of nitrogens with one attached hydrogen (secondary N) is 2. The van der Waals surface area contributed by atoms with E-state index < -0.39 is 0 Å². The van der Waals surface area contributed by atoms with Crippen molar-refractivity contribution in [2.24, 2.45) is 0 Å². The van der Waals surface area contributed by atoms with Gasteiger partial charge in [-0.25, -0.2) is 9.78 Å². The van der Waals surface area contributed by atoms with E-state index in [1.165, 1.54) is 0 Å². The van der Waals surface area contributed by atoms with E-state index in [9.17, 15) is 4.79 Å². The van der Waals surface area contributed by atoms with Crippen molar-refractivity contribution in [1.82, 2.24) is 15.6 Å². The fourth-order valence-corrected chi connectivity index (χ4v) is 2.87. The molecule has 1 aliphatic heterocycles. The third kappa shape index (κ3) is 4.47. The zero-order chi connectivity index (χ0) is 13.7. The smallest absolute Gasteiger partial charge is 0.315 e. The van der Waals surface area contributed by atoms with Crippen molar-refractivity contribution in [2.75, 3.05) is 19.8 Å². The number of aryl methyl sites for hydroxylation is 1. The van der Waals surface area contributed by atoms with Gasteiger partial charge in [0.1, 0.15) is 0 Å². The van der Waals surface area contributed by atoms with Crippen LogP contribution in [0.3, 0.4) is 0 Å². The van der Waals surface area contributed by atoms with Crippen LogP contribution in [0.25, 0.3) is 0 Å². The first-order valence-corrected chi connectivity index (χ1v) is 7.57. The first kappa shape index (κ1) is 14.3. The van der Waals surface area contributed by atoms with E-state index >= 15 is 0 Å². The molecule has 2 amide bonds. The van der Waals surface area contributed by atoms with E-state index in [0.717, 1.165) is 36.8 Å². The average Bonchev–Trinajstić information content (AvgIpc) is 2.84. The number of carbonyl (C=O) groups excluding carboxylic acids is 1. The highest BCUT2D eigenvalue weighted by molar-refractivity contribution is 7.09. The van der Waals surface area contributed by atoms with Crippen molar-refractivity contribution >= 4 is 17.4 Å². The maximum Gasteiger partial charge on any atom is 0.315 e. The molecular weight excluding hydrogens is 262 g/mol. The highest BCUT2D eigenvalue weighted by atomic mass is 32.1. The van der Waals surface area contributed by atoms with E-state index in [0.29, 0.717) is 6.54 Å². The van der Waals surface area contributed by atoms with E-state index in [2.05, 4.69) is 22.5 Å². The number of carbonyl (C=O) groups is 1. The molecule has 0 aliphatic carbocycles. The van der Waals surface area contributed by atoms with E-state index in [1.807, 2.05) is 12.3 Å². The van der Waals surface area contributed by atoms with Gasteiger partial charge in [0.2, 0.25) is 0 Å². The molecule has 6 heteroatoms. The molecule has 1 unspecified atom stereocenters. The second-order valence-corrected chi connectivity index (χ2v) is 5.86. The molecule has 19 heavy (non-hydrogen) atoms. The summed E-state index contributed by atoms with van der Waals surface area (Å²) in [5, 5.41) is 9.01. The Labute approximate surface area is 117 Å². The van der Waals surface area contributed by atoms with Gasteiger partial charge in [-0.3, -0.25) is 0 Å². The van der Waals surface area contributed by atoms with Crippen LogP contribution >= 0.6 is 11.3 Å². The lowest BCUT2D eigenvalue weighted by molar-refractivity contribution is 0.0801. The molecule has 106 valence electrons. The fourth-order valence-electron chi connectivity index (χ4n) is 2.01. The number of urea groups is 1. The predicted octanol–water partition coefficient (Wildman–Crippen LogP) is 2.03. The van der Waals surface area contributed by atoms with Crippen LogP contribution < -0.4 is 10.6 Å². The number of hydrogen-bond acceptors (Lipinski definition) is 4. The number of hydrogen-bond donors (Lipinski definition) is 2. The summed E-state index contributed by atoms with van der Waals surface area (Å²) in [5.41, 5.74) is 1.04. The summed E-state index contributed by atoms with van der Waals surface area (Å²) in [5.74, 6) is 0.249. The SMILES string of the molecule is Cc1csc(C(C)CNC(=O)NC2CCOCC2)n1. The van der Waals surface area contributed by atoms with Gasteiger partial charge in [0.15, 0.2) is 0 Å². The van der Waals surface area contributed by atoms with Crippen molar-refractivity contribution in [1.29, 1.82) is 0 Å². The van der Waals surface area contributed by atoms with Crippen molar-refractivity contribution in [3.63, 3.8) is 0 Å². The monoisotopic (exact) mass is 283 g/mol. The van der Waals surface area contributed by atoms with Crippen LogP contribution in [0.2, 0.25) is 0 Å². The maximum atomic E-state index is 11.8. The number of ether oxygens (including phenoxy) is 1. The van der Waals surface area contributed by atoms with Gasteiger partial charge in [0.25, 0.3) is 0 Å². The Hall–Kier alpha value is -1.14. The molecule has 1 aromatic heterocycles. The first-order valence-electron chi connectivity index (χ1n) is 6.69. The predicted molar refractivity (Wildman–Crippen MR) is 75.6 cm³/mol. The third-order valence-corrected chi connectivity index (χ3v) is 4.38. The molecule has 2 N–H and O–H groups in total. The standard InChI is InChI=1S/C13H21N3O2S/c1-9(12-15-10(2)8-19-12)7-14-13(17)16-11-3-5-18-6-4-11/h8-9,11H,3-7H2,1-2H3,(H2,14,16,17). The van der Waals surface area contributed by atoms with Crippen molar-refractivity contribution < 1.29 is 9.53 Å². The third-order valence-electron chi connectivity index (χ3n) is 3.18. The molecule has 0 saturated carbocycles. The summed E-state index contributed by atoms with van der Waals surface area (Å²) in [6, 6.07) is 0.151.